The zero-order valence-electron chi connectivity index (χ0n) is 20.4. The van der Waals surface area contributed by atoms with Crippen LogP contribution >= 0.6 is 0 Å². The topological polar surface area (TPSA) is 235 Å². The third-order valence-corrected chi connectivity index (χ3v) is 5.69. The van der Waals surface area contributed by atoms with Crippen LogP contribution in [0.25, 0.3) is 0 Å². The van der Waals surface area contributed by atoms with E-state index in [9.17, 15) is 29.4 Å². The van der Waals surface area contributed by atoms with E-state index in [4.69, 9.17) is 17.2 Å². The molecule has 0 rings (SSSR count). The fourth-order valence-electron chi connectivity index (χ4n) is 3.01. The molecule has 0 aliphatic heterocycles. The maximum Gasteiger partial charge on any atom is 0.326 e. The monoisotopic (exact) mass is 487 g/mol. The molecule has 0 saturated heterocycles. The van der Waals surface area contributed by atoms with E-state index in [0.717, 1.165) is 0 Å². The lowest BCUT2D eigenvalue weighted by molar-refractivity contribution is -0.144. The SMILES string of the molecule is CCC(C)C(NC(=O)C(NC(=O)C(CO)NC(=O)C(N)CCCN=C(N)N)C(C)CC)C(=O)O. The number of nitrogens with one attached hydrogen (secondary N) is 3. The second-order valence-electron chi connectivity index (χ2n) is 8.38. The van der Waals surface area contributed by atoms with Gasteiger partial charge < -0.3 is 43.4 Å². The fraction of sp³-hybridized carbons (Fsp3) is 0.762. The van der Waals surface area contributed by atoms with E-state index in [-0.39, 0.29) is 30.8 Å². The predicted octanol–water partition coefficient (Wildman–Crippen LogP) is -2.01. The van der Waals surface area contributed by atoms with Gasteiger partial charge in [0.25, 0.3) is 0 Å². The molecule has 0 heterocycles. The quantitative estimate of drug-likeness (QED) is 0.0681. The maximum absolute atomic E-state index is 12.9. The largest absolute Gasteiger partial charge is 0.480 e. The fourth-order valence-corrected chi connectivity index (χ4v) is 3.01. The molecule has 0 spiro atoms. The smallest absolute Gasteiger partial charge is 0.326 e. The van der Waals surface area contributed by atoms with Crippen LogP contribution in [-0.4, -0.2) is 77.2 Å². The number of aliphatic carboxylic acids is 1. The summed E-state index contributed by atoms with van der Waals surface area (Å²) in [6, 6.07) is -4.49. The average molecular weight is 488 g/mol. The number of carboxylic acid groups (broad SMARTS) is 1. The molecule has 0 fully saturated rings. The number of guanidine groups is 1. The van der Waals surface area contributed by atoms with E-state index in [1.165, 1.54) is 0 Å². The Kier molecular flexibility index (Phi) is 14.5. The summed E-state index contributed by atoms with van der Waals surface area (Å²) < 4.78 is 0. The number of carbonyl (C=O) groups is 4. The van der Waals surface area contributed by atoms with Crippen LogP contribution < -0.4 is 33.2 Å². The number of aliphatic hydroxyl groups excluding tert-OH is 1. The van der Waals surface area contributed by atoms with Crippen LogP contribution in [0.2, 0.25) is 0 Å². The number of carbonyl (C=O) groups excluding carboxylic acids is 3. The van der Waals surface area contributed by atoms with Crippen molar-refractivity contribution in [3.05, 3.63) is 0 Å². The third kappa shape index (κ3) is 10.8. The van der Waals surface area contributed by atoms with Gasteiger partial charge in [0.15, 0.2) is 5.96 Å². The van der Waals surface area contributed by atoms with Crippen molar-refractivity contribution in [3.8, 4) is 0 Å². The van der Waals surface area contributed by atoms with Crippen LogP contribution in [0.15, 0.2) is 4.99 Å². The van der Waals surface area contributed by atoms with Crippen molar-refractivity contribution in [1.82, 2.24) is 16.0 Å². The number of carboxylic acids is 1. The number of nitrogens with two attached hydrogens (primary N) is 3. The molecule has 11 N–H and O–H groups in total. The second-order valence-corrected chi connectivity index (χ2v) is 8.38. The van der Waals surface area contributed by atoms with Crippen molar-refractivity contribution in [2.75, 3.05) is 13.2 Å². The minimum atomic E-state index is -1.35. The molecule has 0 saturated carbocycles. The highest BCUT2D eigenvalue weighted by atomic mass is 16.4. The zero-order valence-corrected chi connectivity index (χ0v) is 20.4. The van der Waals surface area contributed by atoms with Gasteiger partial charge >= 0.3 is 5.97 Å². The van der Waals surface area contributed by atoms with Crippen molar-refractivity contribution in [1.29, 1.82) is 0 Å². The first-order chi connectivity index (χ1) is 15.9. The Labute approximate surface area is 200 Å². The van der Waals surface area contributed by atoms with Crippen molar-refractivity contribution in [2.45, 2.75) is 77.5 Å². The lowest BCUT2D eigenvalue weighted by Gasteiger charge is -2.28. The number of nitrogens with zero attached hydrogens (tertiary/aromatic N) is 1. The molecule has 0 aromatic carbocycles. The van der Waals surface area contributed by atoms with E-state index in [1.54, 1.807) is 20.8 Å². The van der Waals surface area contributed by atoms with Crippen LogP contribution in [0.3, 0.4) is 0 Å². The first-order valence-electron chi connectivity index (χ1n) is 11.4. The first kappa shape index (κ1) is 31.1. The molecule has 0 bridgehead atoms. The van der Waals surface area contributed by atoms with Gasteiger partial charge in [-0.2, -0.15) is 0 Å². The molecule has 0 aliphatic carbocycles. The van der Waals surface area contributed by atoms with Crippen LogP contribution in [0.1, 0.15) is 53.4 Å². The van der Waals surface area contributed by atoms with Gasteiger partial charge in [-0.3, -0.25) is 19.4 Å². The number of rotatable bonds is 16. The van der Waals surface area contributed by atoms with Gasteiger partial charge in [0.2, 0.25) is 17.7 Å². The van der Waals surface area contributed by atoms with Gasteiger partial charge in [-0.15, -0.1) is 0 Å². The normalized spacial score (nSPS) is 16.2. The van der Waals surface area contributed by atoms with Crippen molar-refractivity contribution in [3.63, 3.8) is 0 Å². The average Bonchev–Trinajstić information content (AvgIpc) is 2.79. The molecule has 13 nitrogen and oxygen atoms in total. The molecule has 0 aliphatic rings. The highest BCUT2D eigenvalue weighted by Crippen LogP contribution is 2.12. The third-order valence-electron chi connectivity index (χ3n) is 5.69. The Morgan fingerprint density at radius 2 is 1.41 bits per heavy atom. The molecular weight excluding hydrogens is 446 g/mol. The minimum Gasteiger partial charge on any atom is -0.480 e. The summed E-state index contributed by atoms with van der Waals surface area (Å²) in [5.41, 5.74) is 16.3. The van der Waals surface area contributed by atoms with Crippen LogP contribution in [0, 0.1) is 11.8 Å². The summed E-state index contributed by atoms with van der Waals surface area (Å²) in [6.07, 6.45) is 1.71. The summed E-state index contributed by atoms with van der Waals surface area (Å²) in [4.78, 5) is 53.3. The number of hydrogen-bond donors (Lipinski definition) is 8. The maximum atomic E-state index is 12.9. The molecule has 0 aromatic rings. The molecule has 34 heavy (non-hydrogen) atoms. The summed E-state index contributed by atoms with van der Waals surface area (Å²) in [5.74, 6) is -4.03. The molecule has 6 unspecified atom stereocenters. The summed E-state index contributed by atoms with van der Waals surface area (Å²) in [6.45, 7) is 6.61. The number of hydrogen-bond acceptors (Lipinski definition) is 7. The highest BCUT2D eigenvalue weighted by Gasteiger charge is 2.33. The van der Waals surface area contributed by atoms with Gasteiger partial charge in [0.1, 0.15) is 18.1 Å². The van der Waals surface area contributed by atoms with E-state index in [1.807, 2.05) is 6.92 Å². The Bertz CT molecular complexity index is 714. The molecule has 13 heteroatoms. The Morgan fingerprint density at radius 1 is 0.882 bits per heavy atom. The van der Waals surface area contributed by atoms with Gasteiger partial charge in [-0.05, 0) is 24.7 Å². The first-order valence-corrected chi connectivity index (χ1v) is 11.4. The predicted molar refractivity (Wildman–Crippen MR) is 127 cm³/mol. The second kappa shape index (κ2) is 15.8. The Hall–Kier alpha value is -2.93. The van der Waals surface area contributed by atoms with E-state index >= 15 is 0 Å². The Morgan fingerprint density at radius 3 is 1.88 bits per heavy atom. The van der Waals surface area contributed by atoms with Crippen molar-refractivity contribution < 1.29 is 29.4 Å². The van der Waals surface area contributed by atoms with Crippen molar-refractivity contribution in [2.24, 2.45) is 34.0 Å². The number of amides is 3. The zero-order chi connectivity index (χ0) is 26.4. The van der Waals surface area contributed by atoms with Crippen LogP contribution in [0.5, 0.6) is 0 Å². The molecule has 6 atom stereocenters. The van der Waals surface area contributed by atoms with Crippen LogP contribution in [-0.2, 0) is 19.2 Å². The standard InChI is InChI=1S/C21H41N7O6/c1-5-11(3)15(19(32)28-16(20(33)34)12(4)6-2)27-18(31)14(10-29)26-17(30)13(22)8-7-9-25-21(23)24/h11-16,29H,5-10,22H2,1-4H3,(H,26,30)(H,27,31)(H,28,32)(H,33,34)(H4,23,24,25). The van der Waals surface area contributed by atoms with Gasteiger partial charge in [-0.25, -0.2) is 4.79 Å². The molecule has 3 amide bonds. The van der Waals surface area contributed by atoms with E-state index in [2.05, 4.69) is 20.9 Å². The summed E-state index contributed by atoms with van der Waals surface area (Å²) in [5, 5.41) is 26.5. The lowest BCUT2D eigenvalue weighted by atomic mass is 9.95. The molecule has 196 valence electrons. The molecule has 0 radical (unpaired) electrons. The van der Waals surface area contributed by atoms with E-state index in [0.29, 0.717) is 19.3 Å². The van der Waals surface area contributed by atoms with E-state index < -0.39 is 54.5 Å². The molecular formula is C21H41N7O6. The minimum absolute atomic E-state index is 0.0752. The van der Waals surface area contributed by atoms with Gasteiger partial charge in [-0.1, -0.05) is 40.5 Å². The summed E-state index contributed by atoms with van der Waals surface area (Å²) in [7, 11) is 0. The Balaban J connectivity index is 5.23. The highest BCUT2D eigenvalue weighted by molar-refractivity contribution is 5.94. The van der Waals surface area contributed by atoms with Crippen molar-refractivity contribution >= 4 is 29.7 Å². The van der Waals surface area contributed by atoms with Crippen LogP contribution in [0.4, 0.5) is 0 Å². The van der Waals surface area contributed by atoms with Gasteiger partial charge in [0.05, 0.1) is 12.6 Å². The lowest BCUT2D eigenvalue weighted by Crippen LogP contribution is -2.60. The molecule has 0 aromatic heterocycles. The van der Waals surface area contributed by atoms with Gasteiger partial charge in [0, 0.05) is 6.54 Å². The number of aliphatic imine (C=N–C) groups is 1. The number of aliphatic hydroxyl groups is 1. The summed E-state index contributed by atoms with van der Waals surface area (Å²) >= 11 is 0.